The Kier molecular flexibility index (Phi) is 4.62. The zero-order chi connectivity index (χ0) is 12.3. The molecule has 2 nitrogen and oxygen atoms in total. The fraction of sp³-hybridized carbons (Fsp3) is 0.692. The summed E-state index contributed by atoms with van der Waals surface area (Å²) in [5.74, 6) is 2.66. The second-order valence-electron chi connectivity index (χ2n) is 4.96. The topological polar surface area (TPSA) is 28.7 Å². The first-order chi connectivity index (χ1) is 8.15. The van der Waals surface area contributed by atoms with E-state index in [0.29, 0.717) is 11.2 Å². The molecule has 0 aromatic carbocycles. The summed E-state index contributed by atoms with van der Waals surface area (Å²) >= 11 is 7.17. The predicted octanol–water partition coefficient (Wildman–Crippen LogP) is 4.44. The van der Waals surface area contributed by atoms with Crippen LogP contribution in [0, 0.1) is 4.64 Å². The van der Waals surface area contributed by atoms with Gasteiger partial charge in [-0.3, -0.25) is 0 Å². The SMILES string of the molecule is CC(C)SCc1nc(=S)cc(C2CCCC2)[nH]1. The summed E-state index contributed by atoms with van der Waals surface area (Å²) in [6.07, 6.45) is 5.30. The van der Waals surface area contributed by atoms with Crippen molar-refractivity contribution in [2.24, 2.45) is 0 Å². The molecule has 1 aliphatic rings. The molecule has 1 aliphatic carbocycles. The van der Waals surface area contributed by atoms with E-state index in [2.05, 4.69) is 29.9 Å². The highest BCUT2D eigenvalue weighted by atomic mass is 32.2. The number of aromatic amines is 1. The van der Waals surface area contributed by atoms with E-state index in [4.69, 9.17) is 12.2 Å². The first-order valence-electron chi connectivity index (χ1n) is 6.37. The number of hydrogen-bond donors (Lipinski definition) is 1. The average molecular weight is 268 g/mol. The first kappa shape index (κ1) is 13.1. The van der Waals surface area contributed by atoms with Crippen LogP contribution in [0.1, 0.15) is 57.0 Å². The van der Waals surface area contributed by atoms with Crippen molar-refractivity contribution in [2.45, 2.75) is 56.5 Å². The number of H-pyrrole nitrogens is 1. The summed E-state index contributed by atoms with van der Waals surface area (Å²) in [5, 5.41) is 0.633. The molecule has 0 saturated heterocycles. The standard InChI is InChI=1S/C13H20N2S2/c1-9(2)17-8-12-14-11(7-13(16)15-12)10-5-3-4-6-10/h7,9-10H,3-6,8H2,1-2H3,(H,14,15,16). The van der Waals surface area contributed by atoms with Gasteiger partial charge in [0.15, 0.2) is 0 Å². The van der Waals surface area contributed by atoms with E-state index in [1.54, 1.807) is 0 Å². The predicted molar refractivity (Wildman–Crippen MR) is 77.1 cm³/mol. The Labute approximate surface area is 113 Å². The van der Waals surface area contributed by atoms with Crippen LogP contribution in [0.15, 0.2) is 6.07 Å². The molecular weight excluding hydrogens is 248 g/mol. The van der Waals surface area contributed by atoms with Crippen molar-refractivity contribution in [3.05, 3.63) is 22.2 Å². The summed E-state index contributed by atoms with van der Waals surface area (Å²) in [6, 6.07) is 2.05. The van der Waals surface area contributed by atoms with E-state index in [1.165, 1.54) is 31.4 Å². The van der Waals surface area contributed by atoms with Gasteiger partial charge in [0.25, 0.3) is 0 Å². The molecule has 0 atom stereocenters. The molecular formula is C13H20N2S2. The van der Waals surface area contributed by atoms with Crippen molar-refractivity contribution in [1.29, 1.82) is 0 Å². The van der Waals surface area contributed by atoms with Crippen molar-refractivity contribution in [2.75, 3.05) is 0 Å². The highest BCUT2D eigenvalue weighted by Gasteiger charge is 2.18. The monoisotopic (exact) mass is 268 g/mol. The molecule has 2 rings (SSSR count). The maximum atomic E-state index is 5.26. The van der Waals surface area contributed by atoms with Crippen LogP contribution in [-0.2, 0) is 5.75 Å². The average Bonchev–Trinajstić information content (AvgIpc) is 2.79. The van der Waals surface area contributed by atoms with Gasteiger partial charge in [0.2, 0.25) is 0 Å². The Morgan fingerprint density at radius 3 is 2.82 bits per heavy atom. The van der Waals surface area contributed by atoms with Gasteiger partial charge in [0.05, 0.1) is 5.75 Å². The lowest BCUT2D eigenvalue weighted by molar-refractivity contribution is 0.687. The van der Waals surface area contributed by atoms with Crippen LogP contribution in [0.2, 0.25) is 0 Å². The molecule has 0 radical (unpaired) electrons. The van der Waals surface area contributed by atoms with Gasteiger partial charge in [-0.2, -0.15) is 11.8 Å². The Hall–Kier alpha value is -0.350. The van der Waals surface area contributed by atoms with Gasteiger partial charge in [-0.05, 0) is 30.1 Å². The highest BCUT2D eigenvalue weighted by molar-refractivity contribution is 7.99. The van der Waals surface area contributed by atoms with Crippen LogP contribution in [0.5, 0.6) is 0 Å². The van der Waals surface area contributed by atoms with Crippen molar-refractivity contribution in [1.82, 2.24) is 9.97 Å². The molecule has 0 bridgehead atoms. The molecule has 4 heteroatoms. The van der Waals surface area contributed by atoms with Crippen LogP contribution < -0.4 is 0 Å². The second kappa shape index (κ2) is 6.01. The van der Waals surface area contributed by atoms with Crippen LogP contribution in [0.25, 0.3) is 0 Å². The Bertz CT molecular complexity index is 420. The molecule has 1 fully saturated rings. The first-order valence-corrected chi connectivity index (χ1v) is 7.82. The Morgan fingerprint density at radius 1 is 1.47 bits per heavy atom. The van der Waals surface area contributed by atoms with Crippen LogP contribution in [-0.4, -0.2) is 15.2 Å². The minimum Gasteiger partial charge on any atom is -0.346 e. The van der Waals surface area contributed by atoms with Gasteiger partial charge >= 0.3 is 0 Å². The van der Waals surface area contributed by atoms with E-state index in [9.17, 15) is 0 Å². The van der Waals surface area contributed by atoms with Crippen LogP contribution >= 0.6 is 24.0 Å². The van der Waals surface area contributed by atoms with Gasteiger partial charge in [0.1, 0.15) is 10.5 Å². The maximum absolute atomic E-state index is 5.26. The molecule has 1 saturated carbocycles. The molecule has 94 valence electrons. The van der Waals surface area contributed by atoms with Crippen molar-refractivity contribution >= 4 is 24.0 Å². The molecule has 1 aromatic heterocycles. The third-order valence-electron chi connectivity index (χ3n) is 3.16. The molecule has 1 heterocycles. The molecule has 1 N–H and O–H groups in total. The van der Waals surface area contributed by atoms with Gasteiger partial charge in [0, 0.05) is 5.69 Å². The van der Waals surface area contributed by atoms with Gasteiger partial charge in [-0.1, -0.05) is 38.9 Å². The number of rotatable bonds is 4. The third kappa shape index (κ3) is 3.81. The van der Waals surface area contributed by atoms with E-state index in [1.807, 2.05) is 11.8 Å². The normalized spacial score (nSPS) is 16.9. The van der Waals surface area contributed by atoms with Gasteiger partial charge < -0.3 is 4.98 Å². The van der Waals surface area contributed by atoms with Crippen LogP contribution in [0.4, 0.5) is 0 Å². The van der Waals surface area contributed by atoms with E-state index < -0.39 is 0 Å². The minimum absolute atomic E-state index is 0.633. The number of aromatic nitrogens is 2. The highest BCUT2D eigenvalue weighted by Crippen LogP contribution is 2.33. The van der Waals surface area contributed by atoms with E-state index >= 15 is 0 Å². The molecule has 0 aliphatic heterocycles. The van der Waals surface area contributed by atoms with Crippen molar-refractivity contribution < 1.29 is 0 Å². The van der Waals surface area contributed by atoms with Crippen LogP contribution in [0.3, 0.4) is 0 Å². The Balaban J connectivity index is 2.14. The van der Waals surface area contributed by atoms with Crippen molar-refractivity contribution in [3.63, 3.8) is 0 Å². The number of nitrogens with one attached hydrogen (secondary N) is 1. The zero-order valence-corrected chi connectivity index (χ0v) is 12.2. The number of hydrogen-bond acceptors (Lipinski definition) is 3. The van der Waals surface area contributed by atoms with E-state index in [-0.39, 0.29) is 0 Å². The summed E-state index contributed by atoms with van der Waals surface area (Å²) in [6.45, 7) is 4.42. The number of nitrogens with zero attached hydrogens (tertiary/aromatic N) is 1. The Morgan fingerprint density at radius 2 is 2.18 bits per heavy atom. The maximum Gasteiger partial charge on any atom is 0.130 e. The molecule has 1 aromatic rings. The molecule has 0 unspecified atom stereocenters. The lowest BCUT2D eigenvalue weighted by atomic mass is 10.0. The second-order valence-corrected chi connectivity index (χ2v) is 6.95. The quantitative estimate of drug-likeness (QED) is 0.818. The molecule has 17 heavy (non-hydrogen) atoms. The fourth-order valence-electron chi connectivity index (χ4n) is 2.30. The summed E-state index contributed by atoms with van der Waals surface area (Å²) in [7, 11) is 0. The van der Waals surface area contributed by atoms with Gasteiger partial charge in [-0.15, -0.1) is 0 Å². The molecule has 0 amide bonds. The smallest absolute Gasteiger partial charge is 0.130 e. The lowest BCUT2D eigenvalue weighted by Gasteiger charge is -2.12. The van der Waals surface area contributed by atoms with E-state index in [0.717, 1.165) is 16.2 Å². The summed E-state index contributed by atoms with van der Waals surface area (Å²) < 4.78 is 0.741. The van der Waals surface area contributed by atoms with Gasteiger partial charge in [-0.25, -0.2) is 4.98 Å². The summed E-state index contributed by atoms with van der Waals surface area (Å²) in [4.78, 5) is 7.90. The van der Waals surface area contributed by atoms with Crippen molar-refractivity contribution in [3.8, 4) is 0 Å². The fourth-order valence-corrected chi connectivity index (χ4v) is 3.16. The number of thioether (sulfide) groups is 1. The summed E-state index contributed by atoms with van der Waals surface area (Å²) in [5.41, 5.74) is 1.31. The minimum atomic E-state index is 0.633. The zero-order valence-electron chi connectivity index (χ0n) is 10.5. The largest absolute Gasteiger partial charge is 0.346 e. The lowest BCUT2D eigenvalue weighted by Crippen LogP contribution is -2.03. The molecule has 0 spiro atoms. The third-order valence-corrected chi connectivity index (χ3v) is 4.48.